The molecule has 1 aliphatic carbocycles. The molecule has 0 unspecified atom stereocenters. The van der Waals surface area contributed by atoms with E-state index in [1.54, 1.807) is 0 Å². The Morgan fingerprint density at radius 2 is 1.91 bits per heavy atom. The topological polar surface area (TPSA) is 189 Å². The SMILES string of the molecule is CC(OC[C@H]1O[C@@H](c2cnc3c(NC4CCCC4)ncnn23)[C@H](O)[C@@H]1O)(C(=O)O)C(=O)O. The van der Waals surface area contributed by atoms with Crippen LogP contribution in [0.15, 0.2) is 12.5 Å². The van der Waals surface area contributed by atoms with Crippen molar-refractivity contribution in [2.24, 2.45) is 0 Å². The number of carboxylic acid groups (broad SMARTS) is 2. The Morgan fingerprint density at radius 1 is 1.22 bits per heavy atom. The molecule has 0 amide bonds. The first kappa shape index (κ1) is 22.3. The van der Waals surface area contributed by atoms with Crippen molar-refractivity contribution in [3.8, 4) is 0 Å². The summed E-state index contributed by atoms with van der Waals surface area (Å²) in [6, 6.07) is 0.295. The molecule has 32 heavy (non-hydrogen) atoms. The van der Waals surface area contributed by atoms with Crippen LogP contribution in [0.4, 0.5) is 5.82 Å². The molecule has 5 N–H and O–H groups in total. The van der Waals surface area contributed by atoms with E-state index in [0.29, 0.717) is 23.2 Å². The number of ether oxygens (including phenoxy) is 2. The van der Waals surface area contributed by atoms with Crippen LogP contribution in [0.5, 0.6) is 0 Å². The van der Waals surface area contributed by atoms with E-state index in [9.17, 15) is 19.8 Å². The smallest absolute Gasteiger partial charge is 0.347 e. The fourth-order valence-corrected chi connectivity index (χ4v) is 3.99. The van der Waals surface area contributed by atoms with E-state index in [1.807, 2.05) is 0 Å². The minimum Gasteiger partial charge on any atom is -0.479 e. The first-order valence-electron chi connectivity index (χ1n) is 10.3. The Labute approximate surface area is 182 Å². The fraction of sp³-hybridized carbons (Fsp3) is 0.632. The van der Waals surface area contributed by atoms with Crippen molar-refractivity contribution in [1.29, 1.82) is 0 Å². The molecule has 4 rings (SSSR count). The van der Waals surface area contributed by atoms with Crippen LogP contribution in [0.25, 0.3) is 5.65 Å². The maximum Gasteiger partial charge on any atom is 0.347 e. The Morgan fingerprint density at radius 3 is 2.56 bits per heavy atom. The summed E-state index contributed by atoms with van der Waals surface area (Å²) in [6.45, 7) is 0.317. The van der Waals surface area contributed by atoms with E-state index < -0.39 is 48.6 Å². The number of aromatic nitrogens is 4. The van der Waals surface area contributed by atoms with Crippen LogP contribution in [0, 0.1) is 0 Å². The summed E-state index contributed by atoms with van der Waals surface area (Å²) in [5.41, 5.74) is -1.74. The second kappa shape index (κ2) is 8.58. The lowest BCUT2D eigenvalue weighted by Crippen LogP contribution is -2.48. The first-order chi connectivity index (χ1) is 15.2. The highest BCUT2D eigenvalue weighted by atomic mass is 16.6. The van der Waals surface area contributed by atoms with E-state index in [2.05, 4.69) is 20.4 Å². The average Bonchev–Trinajstić information content (AvgIpc) is 3.48. The van der Waals surface area contributed by atoms with Gasteiger partial charge >= 0.3 is 11.9 Å². The lowest BCUT2D eigenvalue weighted by molar-refractivity contribution is -0.186. The predicted octanol–water partition coefficient (Wildman–Crippen LogP) is -0.415. The number of carboxylic acids is 2. The Bertz CT molecular complexity index is 993. The molecule has 2 aromatic heterocycles. The van der Waals surface area contributed by atoms with Crippen molar-refractivity contribution in [3.63, 3.8) is 0 Å². The van der Waals surface area contributed by atoms with Gasteiger partial charge in [-0.05, 0) is 19.8 Å². The number of nitrogens with zero attached hydrogens (tertiary/aromatic N) is 4. The molecule has 2 fully saturated rings. The van der Waals surface area contributed by atoms with E-state index in [0.717, 1.165) is 32.6 Å². The third kappa shape index (κ3) is 3.88. The number of fused-ring (bicyclic) bond motifs is 1. The number of hydrogen-bond acceptors (Lipinski definition) is 10. The minimum absolute atomic E-state index is 0.295. The quantitative estimate of drug-likeness (QED) is 0.327. The van der Waals surface area contributed by atoms with E-state index in [1.165, 1.54) is 17.0 Å². The molecule has 3 heterocycles. The van der Waals surface area contributed by atoms with E-state index >= 15 is 0 Å². The van der Waals surface area contributed by atoms with Crippen LogP contribution < -0.4 is 5.32 Å². The van der Waals surface area contributed by atoms with Crippen molar-refractivity contribution >= 4 is 23.4 Å². The summed E-state index contributed by atoms with van der Waals surface area (Å²) >= 11 is 0. The first-order valence-corrected chi connectivity index (χ1v) is 10.3. The van der Waals surface area contributed by atoms with Crippen molar-refractivity contribution in [2.45, 2.75) is 68.7 Å². The molecule has 0 radical (unpaired) electrons. The van der Waals surface area contributed by atoms with Crippen LogP contribution in [-0.4, -0.2) is 88.5 Å². The number of nitrogens with one attached hydrogen (secondary N) is 1. The van der Waals surface area contributed by atoms with Gasteiger partial charge in [0.05, 0.1) is 18.5 Å². The molecule has 1 saturated heterocycles. The summed E-state index contributed by atoms with van der Waals surface area (Å²) in [4.78, 5) is 31.1. The van der Waals surface area contributed by atoms with Gasteiger partial charge < -0.3 is 35.2 Å². The van der Waals surface area contributed by atoms with Gasteiger partial charge in [0.1, 0.15) is 30.7 Å². The van der Waals surface area contributed by atoms with Crippen LogP contribution in [0.1, 0.15) is 44.4 Å². The maximum absolute atomic E-state index is 11.3. The maximum atomic E-state index is 11.3. The lowest BCUT2D eigenvalue weighted by atomic mass is 10.1. The summed E-state index contributed by atoms with van der Waals surface area (Å²) < 4.78 is 12.2. The highest BCUT2D eigenvalue weighted by Crippen LogP contribution is 2.35. The third-order valence-corrected chi connectivity index (χ3v) is 6.03. The van der Waals surface area contributed by atoms with Crippen molar-refractivity contribution < 1.29 is 39.5 Å². The molecule has 2 aromatic rings. The monoisotopic (exact) mass is 451 g/mol. The molecule has 0 aromatic carbocycles. The number of carbonyl (C=O) groups is 2. The highest BCUT2D eigenvalue weighted by molar-refractivity contribution is 6.01. The Hall–Kier alpha value is -2.87. The number of aliphatic carboxylic acids is 2. The normalized spacial score (nSPS) is 26.6. The van der Waals surface area contributed by atoms with E-state index in [4.69, 9.17) is 19.7 Å². The third-order valence-electron chi connectivity index (χ3n) is 6.03. The van der Waals surface area contributed by atoms with Gasteiger partial charge in [-0.15, -0.1) is 0 Å². The standard InChI is InChI=1S/C19H25N5O8/c1-19(17(27)28,18(29)30)31-7-11-12(25)13(26)14(32-11)10-6-20-16-15(21-8-22-24(10)16)23-9-4-2-3-5-9/h6,8-9,11-14,25-26H,2-5,7H2,1H3,(H,27,28)(H,29,30)(H,21,22,23)/t11-,12-,13-,14+/m1/s1. The predicted molar refractivity (Wildman–Crippen MR) is 106 cm³/mol. The Balaban J connectivity index is 1.53. The number of aliphatic hydroxyl groups excluding tert-OH is 2. The number of hydrogen-bond donors (Lipinski definition) is 5. The number of imidazole rings is 1. The lowest BCUT2D eigenvalue weighted by Gasteiger charge is -2.23. The second-order valence-electron chi connectivity index (χ2n) is 8.18. The van der Waals surface area contributed by atoms with Crippen LogP contribution in [0.2, 0.25) is 0 Å². The van der Waals surface area contributed by atoms with Gasteiger partial charge in [0, 0.05) is 6.04 Å². The van der Waals surface area contributed by atoms with Gasteiger partial charge in [0.25, 0.3) is 5.60 Å². The molecule has 0 spiro atoms. The zero-order valence-electron chi connectivity index (χ0n) is 17.3. The van der Waals surface area contributed by atoms with Gasteiger partial charge in [-0.3, -0.25) is 0 Å². The van der Waals surface area contributed by atoms with Crippen molar-refractivity contribution in [3.05, 3.63) is 18.2 Å². The van der Waals surface area contributed by atoms with Crippen molar-refractivity contribution in [1.82, 2.24) is 19.6 Å². The van der Waals surface area contributed by atoms with Gasteiger partial charge in [0.2, 0.25) is 0 Å². The summed E-state index contributed by atoms with van der Waals surface area (Å²) in [7, 11) is 0. The summed E-state index contributed by atoms with van der Waals surface area (Å²) in [6.07, 6.45) is 2.09. The zero-order chi connectivity index (χ0) is 23.0. The molecule has 1 aliphatic heterocycles. The van der Waals surface area contributed by atoms with Gasteiger partial charge in [0.15, 0.2) is 11.5 Å². The number of rotatable bonds is 8. The molecule has 13 heteroatoms. The largest absolute Gasteiger partial charge is 0.479 e. The van der Waals surface area contributed by atoms with Crippen LogP contribution in [-0.2, 0) is 19.1 Å². The van der Waals surface area contributed by atoms with Crippen LogP contribution >= 0.6 is 0 Å². The van der Waals surface area contributed by atoms with Crippen molar-refractivity contribution in [2.75, 3.05) is 11.9 Å². The van der Waals surface area contributed by atoms with Gasteiger partial charge in [-0.1, -0.05) is 12.8 Å². The molecule has 4 atom stereocenters. The van der Waals surface area contributed by atoms with Crippen LogP contribution in [0.3, 0.4) is 0 Å². The number of anilines is 1. The zero-order valence-corrected chi connectivity index (χ0v) is 17.3. The fourth-order valence-electron chi connectivity index (χ4n) is 3.99. The Kier molecular flexibility index (Phi) is 5.99. The average molecular weight is 451 g/mol. The molecule has 0 bridgehead atoms. The second-order valence-corrected chi connectivity index (χ2v) is 8.18. The highest BCUT2D eigenvalue weighted by Gasteiger charge is 2.48. The minimum atomic E-state index is -2.52. The molecular formula is C19H25N5O8. The number of aliphatic hydroxyl groups is 2. The molecule has 2 aliphatic rings. The van der Waals surface area contributed by atoms with Gasteiger partial charge in [-0.2, -0.15) is 5.10 Å². The molecule has 1 saturated carbocycles. The molecule has 174 valence electrons. The summed E-state index contributed by atoms with van der Waals surface area (Å²) in [5, 5.41) is 46.8. The van der Waals surface area contributed by atoms with E-state index in [-0.39, 0.29) is 0 Å². The molecular weight excluding hydrogens is 426 g/mol. The molecule has 13 nitrogen and oxygen atoms in total. The van der Waals surface area contributed by atoms with Gasteiger partial charge in [-0.25, -0.2) is 24.1 Å². The summed E-state index contributed by atoms with van der Waals surface area (Å²) in [5.74, 6) is -2.85.